The van der Waals surface area contributed by atoms with Crippen molar-refractivity contribution in [1.29, 1.82) is 0 Å². The van der Waals surface area contributed by atoms with Gasteiger partial charge >= 0.3 is 0 Å². The largest absolute Gasteiger partial charge is 0.467 e. The predicted octanol–water partition coefficient (Wildman–Crippen LogP) is 3.74. The van der Waals surface area contributed by atoms with Gasteiger partial charge < -0.3 is 14.8 Å². The van der Waals surface area contributed by atoms with Crippen molar-refractivity contribution in [2.24, 2.45) is 0 Å². The maximum atomic E-state index is 5.88. The van der Waals surface area contributed by atoms with Gasteiger partial charge in [-0.3, -0.25) is 0 Å². The number of nitrogens with one attached hydrogen (secondary N) is 1. The Labute approximate surface area is 113 Å². The Morgan fingerprint density at radius 3 is 2.95 bits per heavy atom. The summed E-state index contributed by atoms with van der Waals surface area (Å²) in [6, 6.07) is 10.6. The minimum Gasteiger partial charge on any atom is -0.467 e. The van der Waals surface area contributed by atoms with E-state index in [0.29, 0.717) is 5.92 Å². The van der Waals surface area contributed by atoms with Crippen molar-refractivity contribution in [3.8, 4) is 5.75 Å². The van der Waals surface area contributed by atoms with E-state index < -0.39 is 0 Å². The number of hydrogen-bond acceptors (Lipinski definition) is 3. The van der Waals surface area contributed by atoms with Crippen molar-refractivity contribution in [3.05, 3.63) is 35.9 Å². The van der Waals surface area contributed by atoms with Crippen LogP contribution in [0.2, 0.25) is 0 Å². The molecule has 0 saturated heterocycles. The summed E-state index contributed by atoms with van der Waals surface area (Å²) in [7, 11) is 1.65. The fraction of sp³-hybridized carbons (Fsp3) is 0.375. The predicted molar refractivity (Wildman–Crippen MR) is 78.0 cm³/mol. The summed E-state index contributed by atoms with van der Waals surface area (Å²) in [6.07, 6.45) is 1.11. The first-order valence-corrected chi connectivity index (χ1v) is 6.76. The Hall–Kier alpha value is -1.74. The van der Waals surface area contributed by atoms with Gasteiger partial charge in [-0.15, -0.1) is 0 Å². The maximum absolute atomic E-state index is 5.88. The lowest BCUT2D eigenvalue weighted by atomic mass is 9.94. The standard InChI is InChI=1S/C16H19NO2/c1-3-11-9-17-14-8-12-6-4-5-7-13(12)16(15(11)14)19-10-18-2/h4-8,11,17H,3,9-10H2,1-2H3/t11-/m1/s1. The van der Waals surface area contributed by atoms with Gasteiger partial charge in [0.25, 0.3) is 0 Å². The van der Waals surface area contributed by atoms with E-state index in [1.807, 2.05) is 0 Å². The topological polar surface area (TPSA) is 30.5 Å². The number of hydrogen-bond donors (Lipinski definition) is 1. The molecule has 0 saturated carbocycles. The summed E-state index contributed by atoms with van der Waals surface area (Å²) in [4.78, 5) is 0. The zero-order chi connectivity index (χ0) is 13.2. The van der Waals surface area contributed by atoms with Crippen LogP contribution >= 0.6 is 0 Å². The quantitative estimate of drug-likeness (QED) is 0.846. The lowest BCUT2D eigenvalue weighted by Crippen LogP contribution is -2.04. The van der Waals surface area contributed by atoms with Crippen LogP contribution in [0.15, 0.2) is 30.3 Å². The lowest BCUT2D eigenvalue weighted by molar-refractivity contribution is 0.0515. The fourth-order valence-electron chi connectivity index (χ4n) is 2.84. The second-order valence-corrected chi connectivity index (χ2v) is 4.92. The molecule has 0 fully saturated rings. The molecule has 0 unspecified atom stereocenters. The molecule has 1 heterocycles. The fourth-order valence-corrected chi connectivity index (χ4v) is 2.84. The molecule has 3 rings (SSSR count). The average molecular weight is 257 g/mol. The van der Waals surface area contributed by atoms with Gasteiger partial charge in [-0.25, -0.2) is 0 Å². The van der Waals surface area contributed by atoms with Crippen molar-refractivity contribution in [1.82, 2.24) is 0 Å². The number of methoxy groups -OCH3 is 1. The highest BCUT2D eigenvalue weighted by atomic mass is 16.7. The molecule has 100 valence electrons. The van der Waals surface area contributed by atoms with Crippen LogP contribution < -0.4 is 10.1 Å². The van der Waals surface area contributed by atoms with Gasteiger partial charge in [-0.2, -0.15) is 0 Å². The number of benzene rings is 2. The Kier molecular flexibility index (Phi) is 3.30. The van der Waals surface area contributed by atoms with E-state index in [-0.39, 0.29) is 6.79 Å². The molecular weight excluding hydrogens is 238 g/mol. The number of fused-ring (bicyclic) bond motifs is 2. The Morgan fingerprint density at radius 2 is 2.16 bits per heavy atom. The van der Waals surface area contributed by atoms with Crippen molar-refractivity contribution < 1.29 is 9.47 Å². The zero-order valence-electron chi connectivity index (χ0n) is 11.4. The molecule has 19 heavy (non-hydrogen) atoms. The van der Waals surface area contributed by atoms with Gasteiger partial charge in [0.1, 0.15) is 5.75 Å². The van der Waals surface area contributed by atoms with E-state index in [4.69, 9.17) is 9.47 Å². The second kappa shape index (κ2) is 5.10. The molecule has 0 spiro atoms. The molecule has 0 aliphatic carbocycles. The molecule has 1 N–H and O–H groups in total. The average Bonchev–Trinajstić information content (AvgIpc) is 2.86. The van der Waals surface area contributed by atoms with E-state index in [2.05, 4.69) is 42.6 Å². The van der Waals surface area contributed by atoms with Crippen LogP contribution in [0.5, 0.6) is 5.75 Å². The summed E-state index contributed by atoms with van der Waals surface area (Å²) < 4.78 is 11.0. The van der Waals surface area contributed by atoms with Gasteiger partial charge in [0, 0.05) is 36.2 Å². The highest BCUT2D eigenvalue weighted by molar-refractivity contribution is 5.94. The highest BCUT2D eigenvalue weighted by Gasteiger charge is 2.26. The summed E-state index contributed by atoms with van der Waals surface area (Å²) in [5.74, 6) is 1.50. The molecular formula is C16H19NO2. The first kappa shape index (κ1) is 12.3. The molecule has 0 aromatic heterocycles. The summed E-state index contributed by atoms with van der Waals surface area (Å²) in [5, 5.41) is 5.86. The molecule has 2 aromatic carbocycles. The Bertz CT molecular complexity index is 595. The Morgan fingerprint density at radius 1 is 1.32 bits per heavy atom. The summed E-state index contributed by atoms with van der Waals surface area (Å²) >= 11 is 0. The molecule has 0 radical (unpaired) electrons. The van der Waals surface area contributed by atoms with Crippen molar-refractivity contribution in [2.45, 2.75) is 19.3 Å². The van der Waals surface area contributed by atoms with E-state index in [1.165, 1.54) is 22.0 Å². The minimum absolute atomic E-state index is 0.289. The van der Waals surface area contributed by atoms with Crippen LogP contribution in [0, 0.1) is 0 Å². The molecule has 0 amide bonds. The first-order valence-electron chi connectivity index (χ1n) is 6.76. The van der Waals surface area contributed by atoms with Crippen LogP contribution in [-0.2, 0) is 4.74 Å². The van der Waals surface area contributed by atoms with Crippen LogP contribution in [0.4, 0.5) is 5.69 Å². The summed E-state index contributed by atoms with van der Waals surface area (Å²) in [6.45, 7) is 3.50. The Balaban J connectivity index is 2.20. The second-order valence-electron chi connectivity index (χ2n) is 4.92. The molecule has 1 atom stereocenters. The van der Waals surface area contributed by atoms with Crippen molar-refractivity contribution in [2.75, 3.05) is 25.8 Å². The number of rotatable bonds is 4. The lowest BCUT2D eigenvalue weighted by Gasteiger charge is -2.16. The number of anilines is 1. The van der Waals surface area contributed by atoms with E-state index >= 15 is 0 Å². The van der Waals surface area contributed by atoms with Crippen LogP contribution in [0.25, 0.3) is 10.8 Å². The van der Waals surface area contributed by atoms with Gasteiger partial charge in [0.15, 0.2) is 6.79 Å². The van der Waals surface area contributed by atoms with Gasteiger partial charge in [0.05, 0.1) is 0 Å². The summed E-state index contributed by atoms with van der Waals surface area (Å²) in [5.41, 5.74) is 2.51. The molecule has 3 nitrogen and oxygen atoms in total. The highest BCUT2D eigenvalue weighted by Crippen LogP contribution is 2.44. The SMILES string of the molecule is CC[C@@H]1CNc2cc3ccccc3c(OCOC)c21. The molecule has 0 bridgehead atoms. The maximum Gasteiger partial charge on any atom is 0.188 e. The molecule has 1 aliphatic heterocycles. The van der Waals surface area contributed by atoms with Crippen LogP contribution in [0.3, 0.4) is 0 Å². The van der Waals surface area contributed by atoms with E-state index in [1.54, 1.807) is 7.11 Å². The van der Waals surface area contributed by atoms with Gasteiger partial charge in [-0.05, 0) is 17.9 Å². The van der Waals surface area contributed by atoms with Crippen LogP contribution in [-0.4, -0.2) is 20.4 Å². The monoisotopic (exact) mass is 257 g/mol. The molecule has 3 heteroatoms. The van der Waals surface area contributed by atoms with E-state index in [0.717, 1.165) is 18.7 Å². The third-order valence-corrected chi connectivity index (χ3v) is 3.80. The van der Waals surface area contributed by atoms with Crippen molar-refractivity contribution >= 4 is 16.5 Å². The zero-order valence-corrected chi connectivity index (χ0v) is 11.4. The third-order valence-electron chi connectivity index (χ3n) is 3.80. The van der Waals surface area contributed by atoms with Gasteiger partial charge in [0.2, 0.25) is 0 Å². The first-order chi connectivity index (χ1) is 9.35. The molecule has 2 aromatic rings. The van der Waals surface area contributed by atoms with Crippen molar-refractivity contribution in [3.63, 3.8) is 0 Å². The van der Waals surface area contributed by atoms with Crippen LogP contribution in [0.1, 0.15) is 24.8 Å². The van der Waals surface area contributed by atoms with Gasteiger partial charge in [-0.1, -0.05) is 31.2 Å². The number of ether oxygens (including phenoxy) is 2. The van der Waals surface area contributed by atoms with E-state index in [9.17, 15) is 0 Å². The minimum atomic E-state index is 0.289. The normalized spacial score (nSPS) is 17.3. The smallest absolute Gasteiger partial charge is 0.188 e. The third kappa shape index (κ3) is 2.04. The molecule has 1 aliphatic rings.